The number of nitrogens with two attached hydrogens (primary N) is 1. The molecule has 4 amide bonds. The molecule has 0 saturated carbocycles. The van der Waals surface area contributed by atoms with E-state index in [-0.39, 0.29) is 30.8 Å². The number of amides is 4. The van der Waals surface area contributed by atoms with E-state index in [2.05, 4.69) is 10.6 Å². The number of hydrogen-bond donors (Lipinski definition) is 3. The maximum Gasteiger partial charge on any atom is 0.324 e. The van der Waals surface area contributed by atoms with E-state index in [9.17, 15) is 14.4 Å². The minimum absolute atomic E-state index is 0.0263. The number of hydrogen-bond acceptors (Lipinski definition) is 4. The van der Waals surface area contributed by atoms with Gasteiger partial charge in [-0.3, -0.25) is 14.5 Å². The summed E-state index contributed by atoms with van der Waals surface area (Å²) in [5.74, 6) is -0.488. The summed E-state index contributed by atoms with van der Waals surface area (Å²) in [6, 6.07) is 6.02. The SMILES string of the molecule is CC(C)C(N)C(=O)Nc1cccc(CN2C(=O)CNC2=O)c1. The third kappa shape index (κ3) is 3.62. The Morgan fingerprint density at radius 3 is 2.73 bits per heavy atom. The van der Waals surface area contributed by atoms with E-state index in [1.807, 2.05) is 13.8 Å². The molecule has 2 rings (SSSR count). The third-order valence-corrected chi connectivity index (χ3v) is 3.49. The zero-order chi connectivity index (χ0) is 16.3. The first-order valence-electron chi connectivity index (χ1n) is 7.12. The first-order valence-corrected chi connectivity index (χ1v) is 7.12. The van der Waals surface area contributed by atoms with Gasteiger partial charge in [0, 0.05) is 5.69 Å². The van der Waals surface area contributed by atoms with Crippen molar-refractivity contribution in [3.05, 3.63) is 29.8 Å². The predicted molar refractivity (Wildman–Crippen MR) is 81.8 cm³/mol. The van der Waals surface area contributed by atoms with Crippen molar-refractivity contribution in [2.75, 3.05) is 11.9 Å². The van der Waals surface area contributed by atoms with Crippen molar-refractivity contribution in [1.29, 1.82) is 0 Å². The highest BCUT2D eigenvalue weighted by molar-refractivity contribution is 6.01. The van der Waals surface area contributed by atoms with Gasteiger partial charge in [-0.15, -0.1) is 0 Å². The number of nitrogens with one attached hydrogen (secondary N) is 2. The number of urea groups is 1. The van der Waals surface area contributed by atoms with Crippen molar-refractivity contribution >= 4 is 23.5 Å². The Labute approximate surface area is 128 Å². The summed E-state index contributed by atoms with van der Waals surface area (Å²) in [6.07, 6.45) is 0. The van der Waals surface area contributed by atoms with Crippen LogP contribution in [-0.4, -0.2) is 35.3 Å². The molecule has 1 atom stereocenters. The van der Waals surface area contributed by atoms with E-state index in [1.165, 1.54) is 0 Å². The molecule has 1 aromatic carbocycles. The van der Waals surface area contributed by atoms with Crippen LogP contribution >= 0.6 is 0 Å². The van der Waals surface area contributed by atoms with Gasteiger partial charge in [-0.25, -0.2) is 4.79 Å². The molecular weight excluding hydrogens is 284 g/mol. The van der Waals surface area contributed by atoms with Gasteiger partial charge < -0.3 is 16.4 Å². The summed E-state index contributed by atoms with van der Waals surface area (Å²) in [5.41, 5.74) is 7.14. The zero-order valence-corrected chi connectivity index (χ0v) is 12.6. The highest BCUT2D eigenvalue weighted by Gasteiger charge is 2.28. The fourth-order valence-electron chi connectivity index (χ4n) is 2.07. The summed E-state index contributed by atoms with van der Waals surface area (Å²) < 4.78 is 0. The number of imide groups is 1. The van der Waals surface area contributed by atoms with Gasteiger partial charge in [0.1, 0.15) is 0 Å². The quantitative estimate of drug-likeness (QED) is 0.695. The molecule has 4 N–H and O–H groups in total. The van der Waals surface area contributed by atoms with Gasteiger partial charge in [0.15, 0.2) is 0 Å². The Hall–Kier alpha value is -2.41. The second kappa shape index (κ2) is 6.57. The van der Waals surface area contributed by atoms with Crippen molar-refractivity contribution in [2.45, 2.75) is 26.4 Å². The molecule has 7 heteroatoms. The van der Waals surface area contributed by atoms with Crippen LogP contribution in [0.25, 0.3) is 0 Å². The number of nitrogens with zero attached hydrogens (tertiary/aromatic N) is 1. The maximum atomic E-state index is 11.9. The fraction of sp³-hybridized carbons (Fsp3) is 0.400. The lowest BCUT2D eigenvalue weighted by Crippen LogP contribution is -2.39. The van der Waals surface area contributed by atoms with Crippen molar-refractivity contribution in [3.63, 3.8) is 0 Å². The molecule has 1 aromatic rings. The van der Waals surface area contributed by atoms with Gasteiger partial charge in [0.2, 0.25) is 11.8 Å². The number of benzene rings is 1. The molecule has 0 spiro atoms. The summed E-state index contributed by atoms with van der Waals surface area (Å²) in [6.45, 7) is 3.94. The second-order valence-electron chi connectivity index (χ2n) is 5.60. The molecule has 1 unspecified atom stereocenters. The lowest BCUT2D eigenvalue weighted by Gasteiger charge is -2.16. The van der Waals surface area contributed by atoms with Crippen LogP contribution in [0.3, 0.4) is 0 Å². The lowest BCUT2D eigenvalue weighted by molar-refractivity contribution is -0.125. The van der Waals surface area contributed by atoms with Crippen LogP contribution in [0, 0.1) is 5.92 Å². The molecule has 0 bridgehead atoms. The van der Waals surface area contributed by atoms with Crippen molar-refractivity contribution in [3.8, 4) is 0 Å². The van der Waals surface area contributed by atoms with Gasteiger partial charge in [-0.1, -0.05) is 26.0 Å². The maximum absolute atomic E-state index is 11.9. The number of anilines is 1. The normalized spacial score (nSPS) is 15.9. The Bertz CT molecular complexity index is 584. The molecular formula is C15H20N4O3. The number of carbonyl (C=O) groups excluding carboxylic acids is 3. The number of carbonyl (C=O) groups is 3. The largest absolute Gasteiger partial charge is 0.329 e. The zero-order valence-electron chi connectivity index (χ0n) is 12.6. The minimum atomic E-state index is -0.588. The number of rotatable bonds is 5. The van der Waals surface area contributed by atoms with E-state index >= 15 is 0 Å². The molecule has 0 radical (unpaired) electrons. The second-order valence-corrected chi connectivity index (χ2v) is 5.60. The van der Waals surface area contributed by atoms with Gasteiger partial charge in [-0.05, 0) is 23.6 Å². The molecule has 1 heterocycles. The van der Waals surface area contributed by atoms with E-state index < -0.39 is 12.1 Å². The molecule has 0 aromatic heterocycles. The average Bonchev–Trinajstić information content (AvgIpc) is 2.78. The lowest BCUT2D eigenvalue weighted by atomic mass is 10.0. The highest BCUT2D eigenvalue weighted by atomic mass is 16.2. The molecule has 7 nitrogen and oxygen atoms in total. The highest BCUT2D eigenvalue weighted by Crippen LogP contribution is 2.15. The molecule has 22 heavy (non-hydrogen) atoms. The third-order valence-electron chi connectivity index (χ3n) is 3.49. The monoisotopic (exact) mass is 304 g/mol. The summed E-state index contributed by atoms with van der Waals surface area (Å²) >= 11 is 0. The Morgan fingerprint density at radius 2 is 2.14 bits per heavy atom. The summed E-state index contributed by atoms with van der Waals surface area (Å²) in [4.78, 5) is 36.2. The van der Waals surface area contributed by atoms with E-state index in [0.717, 1.165) is 10.5 Å². The van der Waals surface area contributed by atoms with Crippen LogP contribution in [0.15, 0.2) is 24.3 Å². The van der Waals surface area contributed by atoms with Crippen LogP contribution < -0.4 is 16.4 Å². The standard InChI is InChI=1S/C15H20N4O3/c1-9(2)13(16)14(21)18-11-5-3-4-10(6-11)8-19-12(20)7-17-15(19)22/h3-6,9,13H,7-8,16H2,1-2H3,(H,17,22)(H,18,21). The van der Waals surface area contributed by atoms with Crippen LogP contribution in [0.1, 0.15) is 19.4 Å². The predicted octanol–water partition coefficient (Wildman–Crippen LogP) is 0.660. The Balaban J connectivity index is 2.05. The Morgan fingerprint density at radius 1 is 1.41 bits per heavy atom. The van der Waals surface area contributed by atoms with Crippen LogP contribution in [0.4, 0.5) is 10.5 Å². The topological polar surface area (TPSA) is 105 Å². The first kappa shape index (κ1) is 16.0. The van der Waals surface area contributed by atoms with Crippen molar-refractivity contribution in [1.82, 2.24) is 10.2 Å². The van der Waals surface area contributed by atoms with E-state index in [1.54, 1.807) is 24.3 Å². The van der Waals surface area contributed by atoms with E-state index in [0.29, 0.717) is 5.69 Å². The average molecular weight is 304 g/mol. The van der Waals surface area contributed by atoms with Crippen molar-refractivity contribution < 1.29 is 14.4 Å². The molecule has 1 fully saturated rings. The molecule has 1 aliphatic rings. The molecule has 0 aliphatic carbocycles. The van der Waals surface area contributed by atoms with Crippen molar-refractivity contribution in [2.24, 2.45) is 11.7 Å². The van der Waals surface area contributed by atoms with Crippen LogP contribution in [0.5, 0.6) is 0 Å². The van der Waals surface area contributed by atoms with E-state index in [4.69, 9.17) is 5.73 Å². The van der Waals surface area contributed by atoms with Crippen LogP contribution in [-0.2, 0) is 16.1 Å². The van der Waals surface area contributed by atoms with Gasteiger partial charge in [-0.2, -0.15) is 0 Å². The van der Waals surface area contributed by atoms with Gasteiger partial charge >= 0.3 is 6.03 Å². The fourth-order valence-corrected chi connectivity index (χ4v) is 2.07. The molecule has 118 valence electrons. The van der Waals surface area contributed by atoms with Gasteiger partial charge in [0.25, 0.3) is 0 Å². The molecule has 1 aliphatic heterocycles. The molecule has 1 saturated heterocycles. The first-order chi connectivity index (χ1) is 10.4. The summed E-state index contributed by atoms with van der Waals surface area (Å²) in [7, 11) is 0. The summed E-state index contributed by atoms with van der Waals surface area (Å²) in [5, 5.41) is 5.21. The smallest absolute Gasteiger partial charge is 0.324 e. The van der Waals surface area contributed by atoms with Crippen LogP contribution in [0.2, 0.25) is 0 Å². The minimum Gasteiger partial charge on any atom is -0.329 e. The van der Waals surface area contributed by atoms with Gasteiger partial charge in [0.05, 0.1) is 19.1 Å². The Kier molecular flexibility index (Phi) is 4.77.